The van der Waals surface area contributed by atoms with Crippen LogP contribution in [0, 0.1) is 13.8 Å². The van der Waals surface area contributed by atoms with Gasteiger partial charge in [-0.2, -0.15) is 0 Å². The van der Waals surface area contributed by atoms with E-state index in [2.05, 4.69) is 72.8 Å². The lowest BCUT2D eigenvalue weighted by Crippen LogP contribution is -2.27. The van der Waals surface area contributed by atoms with Crippen molar-refractivity contribution in [2.75, 3.05) is 29.4 Å². The summed E-state index contributed by atoms with van der Waals surface area (Å²) in [5.74, 6) is 2.83. The molecule has 0 aliphatic heterocycles. The maximum absolute atomic E-state index is 4.70. The van der Waals surface area contributed by atoms with Gasteiger partial charge in [0, 0.05) is 31.4 Å². The van der Waals surface area contributed by atoms with Gasteiger partial charge in [-0.25, -0.2) is 9.97 Å². The largest absolute Gasteiger partial charge is 0.356 e. The molecule has 130 valence electrons. The highest BCUT2D eigenvalue weighted by molar-refractivity contribution is 5.63. The molecule has 2 rings (SSSR count). The highest BCUT2D eigenvalue weighted by atomic mass is 15.2. The van der Waals surface area contributed by atoms with Gasteiger partial charge in [0.1, 0.15) is 17.5 Å². The predicted octanol–water partition coefficient (Wildman–Crippen LogP) is 4.88. The second-order valence-electron chi connectivity index (χ2n) is 6.20. The number of aryl methyl sites for hydroxylation is 2. The van der Waals surface area contributed by atoms with E-state index in [9.17, 15) is 0 Å². The third kappa shape index (κ3) is 4.47. The molecule has 2 aromatic rings. The van der Waals surface area contributed by atoms with E-state index < -0.39 is 0 Å². The second kappa shape index (κ2) is 8.67. The summed E-state index contributed by atoms with van der Waals surface area (Å²) in [6, 6.07) is 10.7. The smallest absolute Gasteiger partial charge is 0.138 e. The average molecular weight is 326 g/mol. The topological polar surface area (TPSA) is 32.3 Å². The summed E-state index contributed by atoms with van der Waals surface area (Å²) in [7, 11) is 0. The lowest BCUT2D eigenvalue weighted by molar-refractivity contribution is 0.729. The summed E-state index contributed by atoms with van der Waals surface area (Å²) in [6.07, 6.45) is 2.24. The molecule has 0 amide bonds. The molecule has 0 fully saturated rings. The fourth-order valence-electron chi connectivity index (χ4n) is 2.99. The van der Waals surface area contributed by atoms with Crippen molar-refractivity contribution in [1.82, 2.24) is 9.97 Å². The Labute approximate surface area is 146 Å². The first-order valence-electron chi connectivity index (χ1n) is 9.03. The van der Waals surface area contributed by atoms with Crippen LogP contribution in [0.3, 0.4) is 0 Å². The quantitative estimate of drug-likeness (QED) is 0.692. The average Bonchev–Trinajstić information content (AvgIpc) is 2.55. The Morgan fingerprint density at radius 3 is 2.12 bits per heavy atom. The van der Waals surface area contributed by atoms with Gasteiger partial charge in [-0.3, -0.25) is 0 Å². The molecular formula is C20H30N4. The first kappa shape index (κ1) is 18.2. The molecule has 0 saturated heterocycles. The Balaban J connectivity index is 2.41. The van der Waals surface area contributed by atoms with Crippen LogP contribution in [0.2, 0.25) is 0 Å². The third-order valence-corrected chi connectivity index (χ3v) is 4.03. The number of benzene rings is 1. The SMILES string of the molecule is CCCN(CCC)c1cc(N(CC)c2cccc(C)c2)nc(C)n1. The Morgan fingerprint density at radius 2 is 1.54 bits per heavy atom. The fraction of sp³-hybridized carbons (Fsp3) is 0.500. The van der Waals surface area contributed by atoms with Gasteiger partial charge in [0.25, 0.3) is 0 Å². The van der Waals surface area contributed by atoms with Crippen LogP contribution in [0.4, 0.5) is 17.3 Å². The summed E-state index contributed by atoms with van der Waals surface area (Å²) in [5, 5.41) is 0. The second-order valence-corrected chi connectivity index (χ2v) is 6.20. The van der Waals surface area contributed by atoms with Crippen LogP contribution < -0.4 is 9.80 Å². The van der Waals surface area contributed by atoms with Crippen LogP contribution in [0.15, 0.2) is 30.3 Å². The van der Waals surface area contributed by atoms with Gasteiger partial charge in [-0.1, -0.05) is 26.0 Å². The molecule has 0 N–H and O–H groups in total. The van der Waals surface area contributed by atoms with Gasteiger partial charge >= 0.3 is 0 Å². The maximum Gasteiger partial charge on any atom is 0.138 e. The van der Waals surface area contributed by atoms with Crippen molar-refractivity contribution in [3.05, 3.63) is 41.7 Å². The highest BCUT2D eigenvalue weighted by Crippen LogP contribution is 2.27. The molecule has 0 aliphatic carbocycles. The first-order valence-corrected chi connectivity index (χ1v) is 9.03. The van der Waals surface area contributed by atoms with Crippen molar-refractivity contribution in [2.45, 2.75) is 47.5 Å². The predicted molar refractivity (Wildman–Crippen MR) is 103 cm³/mol. The van der Waals surface area contributed by atoms with Gasteiger partial charge in [-0.15, -0.1) is 0 Å². The van der Waals surface area contributed by atoms with E-state index in [0.717, 1.165) is 49.9 Å². The number of anilines is 3. The molecule has 0 spiro atoms. The molecule has 0 unspecified atom stereocenters. The molecule has 0 bridgehead atoms. The summed E-state index contributed by atoms with van der Waals surface area (Å²) in [4.78, 5) is 14.0. The van der Waals surface area contributed by atoms with Crippen LogP contribution in [-0.2, 0) is 0 Å². The molecule has 0 saturated carbocycles. The molecule has 0 aliphatic rings. The van der Waals surface area contributed by atoms with Gasteiger partial charge in [0.15, 0.2) is 0 Å². The normalized spacial score (nSPS) is 10.7. The van der Waals surface area contributed by atoms with Crippen LogP contribution in [0.5, 0.6) is 0 Å². The van der Waals surface area contributed by atoms with Crippen molar-refractivity contribution >= 4 is 17.3 Å². The van der Waals surface area contributed by atoms with E-state index in [1.165, 1.54) is 11.3 Å². The Kier molecular flexibility index (Phi) is 6.59. The van der Waals surface area contributed by atoms with Crippen molar-refractivity contribution < 1.29 is 0 Å². The van der Waals surface area contributed by atoms with Gasteiger partial charge < -0.3 is 9.80 Å². The monoisotopic (exact) mass is 326 g/mol. The van der Waals surface area contributed by atoms with E-state index >= 15 is 0 Å². The minimum absolute atomic E-state index is 0.825. The molecule has 1 aromatic carbocycles. The van der Waals surface area contributed by atoms with E-state index in [-0.39, 0.29) is 0 Å². The first-order chi connectivity index (χ1) is 11.6. The minimum atomic E-state index is 0.825. The van der Waals surface area contributed by atoms with Crippen molar-refractivity contribution in [1.29, 1.82) is 0 Å². The molecule has 1 aromatic heterocycles. The van der Waals surface area contributed by atoms with Crippen LogP contribution in [0.1, 0.15) is 45.0 Å². The standard InChI is InChI=1S/C20H30N4/c1-6-12-23(13-7-2)19-15-20(22-17(5)21-19)24(8-3)18-11-9-10-16(4)14-18/h9-11,14-15H,6-8,12-13H2,1-5H3. The van der Waals surface area contributed by atoms with E-state index in [4.69, 9.17) is 4.98 Å². The molecule has 0 radical (unpaired) electrons. The number of rotatable bonds is 8. The number of nitrogens with zero attached hydrogens (tertiary/aromatic N) is 4. The lowest BCUT2D eigenvalue weighted by atomic mass is 10.2. The van der Waals surface area contributed by atoms with E-state index in [1.807, 2.05) is 6.92 Å². The molecule has 4 heteroatoms. The summed E-state index contributed by atoms with van der Waals surface area (Å²) < 4.78 is 0. The molecule has 4 nitrogen and oxygen atoms in total. The number of hydrogen-bond donors (Lipinski definition) is 0. The lowest BCUT2D eigenvalue weighted by Gasteiger charge is -2.27. The Bertz CT molecular complexity index is 648. The minimum Gasteiger partial charge on any atom is -0.356 e. The van der Waals surface area contributed by atoms with E-state index in [0.29, 0.717) is 0 Å². The fourth-order valence-corrected chi connectivity index (χ4v) is 2.99. The van der Waals surface area contributed by atoms with Crippen LogP contribution in [0.25, 0.3) is 0 Å². The summed E-state index contributed by atoms with van der Waals surface area (Å²) in [6.45, 7) is 13.6. The molecule has 1 heterocycles. The van der Waals surface area contributed by atoms with Gasteiger partial charge in [0.05, 0.1) is 0 Å². The Hall–Kier alpha value is -2.10. The number of aromatic nitrogens is 2. The van der Waals surface area contributed by atoms with Crippen molar-refractivity contribution in [3.63, 3.8) is 0 Å². The summed E-state index contributed by atoms with van der Waals surface area (Å²) in [5.41, 5.74) is 2.44. The Morgan fingerprint density at radius 1 is 0.875 bits per heavy atom. The molecule has 24 heavy (non-hydrogen) atoms. The van der Waals surface area contributed by atoms with Crippen molar-refractivity contribution in [2.24, 2.45) is 0 Å². The van der Waals surface area contributed by atoms with Crippen LogP contribution >= 0.6 is 0 Å². The van der Waals surface area contributed by atoms with E-state index in [1.54, 1.807) is 0 Å². The highest BCUT2D eigenvalue weighted by Gasteiger charge is 2.14. The maximum atomic E-state index is 4.70. The van der Waals surface area contributed by atoms with Crippen molar-refractivity contribution in [3.8, 4) is 0 Å². The zero-order valence-electron chi connectivity index (χ0n) is 15.7. The number of hydrogen-bond acceptors (Lipinski definition) is 4. The third-order valence-electron chi connectivity index (χ3n) is 4.03. The zero-order chi connectivity index (χ0) is 17.5. The zero-order valence-corrected chi connectivity index (χ0v) is 15.7. The summed E-state index contributed by atoms with van der Waals surface area (Å²) >= 11 is 0. The van der Waals surface area contributed by atoms with Gasteiger partial charge in [-0.05, 0) is 51.3 Å². The molecular weight excluding hydrogens is 296 g/mol. The molecule has 0 atom stereocenters. The van der Waals surface area contributed by atoms with Crippen LogP contribution in [-0.4, -0.2) is 29.6 Å². The van der Waals surface area contributed by atoms with Gasteiger partial charge in [0.2, 0.25) is 0 Å².